The molecule has 1 amide bonds. The van der Waals surface area contributed by atoms with E-state index in [1.165, 1.54) is 253 Å². The first-order chi connectivity index (χ1) is 66.6. The van der Waals surface area contributed by atoms with Gasteiger partial charge in [-0.2, -0.15) is 75.5 Å². The number of nitriles is 1. The standard InChI is InChI=1S/C20H24F2O.C13H16Cl2F2O.C13H17ClF2O.C13H16F4O.C13H17F3O.C13H17F2NO2.C13H15F2NO.C13H18F2O3S/c1-19(2,3)20(21,22)23-15-14-18(16-10-6-4-7-11-16)17-12-8-5-9-13-17;1-8(18-13(16,17)12(2,3)4)10-6-5-9(14)7-11(10)15;1-9(10-5-7-11(14)8-6-10)17-13(15,16)12(2,3)4;1-12(2,3)13(16,17)18-8-7-9-10(14)5-4-6-11(9)15;1-9(10-5-7-11(14)8-6-10)17-13(15,16)12(2,3)4;1-12(2,3)13(14,15)18-8-9-5-4-6-10(7-9)11(16)17;1-12(2,3)13(14,15)17-9-11-6-4-5-10(7-11)8-16;1-12(2,3)13(14,15)18-9-10-5-7-11(8-6-10)19(4,16)17/h4-13,18H,14-15H2,1-3H3;5-8H,1-4H3;5-9H,1-4H3;4-6H,7-8H2,1-3H3;5-9H,1-4H3;4-7H,8H2,1-3H3,(H2,16,17);4-7H,9H2,1-3H3;5-8H,9H2,1-4H3. The van der Waals surface area contributed by atoms with E-state index in [-0.39, 0.29) is 54.8 Å². The van der Waals surface area contributed by atoms with Gasteiger partial charge in [0, 0.05) is 44.8 Å². The van der Waals surface area contributed by atoms with Gasteiger partial charge in [0.2, 0.25) is 5.91 Å². The summed E-state index contributed by atoms with van der Waals surface area (Å²) in [5.74, 6) is -2.45. The summed E-state index contributed by atoms with van der Waals surface area (Å²) in [7, 11) is -3.28. The van der Waals surface area contributed by atoms with Crippen molar-refractivity contribution in [3.8, 4) is 6.07 Å². The number of nitrogens with zero attached hydrogens (tertiary/aromatic N) is 1. The molecule has 0 saturated carbocycles. The summed E-state index contributed by atoms with van der Waals surface area (Å²) >= 11 is 17.4. The molecule has 820 valence electrons. The van der Waals surface area contributed by atoms with E-state index < -0.39 is 150 Å². The van der Waals surface area contributed by atoms with Crippen LogP contribution in [-0.4, -0.2) is 82.7 Å². The smallest absolute Gasteiger partial charge is 0.361 e. The Balaban J connectivity index is 0.000000569. The first-order valence-corrected chi connectivity index (χ1v) is 49.5. The number of hydrogen-bond donors (Lipinski definition) is 1. The fraction of sp³-hybridized carbons (Fsp3) is 0.495. The molecule has 0 aliphatic carbocycles. The van der Waals surface area contributed by atoms with Crippen molar-refractivity contribution < 1.29 is 135 Å². The molecule has 2 N–H and O–H groups in total. The van der Waals surface area contributed by atoms with E-state index in [4.69, 9.17) is 64.7 Å². The van der Waals surface area contributed by atoms with Crippen molar-refractivity contribution in [1.82, 2.24) is 0 Å². The number of carbonyl (C=O) groups excluding carboxylic acids is 1. The number of carbonyl (C=O) groups is 1. The molecule has 36 heteroatoms. The second-order valence-electron chi connectivity index (χ2n) is 42.7. The minimum absolute atomic E-state index is 0.0126. The highest BCUT2D eigenvalue weighted by Gasteiger charge is 2.52. The Bertz CT molecular complexity index is 5500. The Kier molecular flexibility index (Phi) is 50.6. The first kappa shape index (κ1) is 134. The summed E-state index contributed by atoms with van der Waals surface area (Å²) in [4.78, 5) is 11.1. The molecule has 0 aromatic heterocycles. The van der Waals surface area contributed by atoms with Crippen LogP contribution in [0.4, 0.5) is 83.4 Å². The van der Waals surface area contributed by atoms with Crippen molar-refractivity contribution in [2.24, 2.45) is 49.1 Å². The second-order valence-corrected chi connectivity index (χ2v) is 45.9. The van der Waals surface area contributed by atoms with E-state index in [1.807, 2.05) is 66.7 Å². The third-order valence-corrected chi connectivity index (χ3v) is 23.7. The number of amides is 1. The van der Waals surface area contributed by atoms with Crippen LogP contribution >= 0.6 is 34.8 Å². The van der Waals surface area contributed by atoms with Crippen molar-refractivity contribution in [3.05, 3.63) is 312 Å². The lowest BCUT2D eigenvalue weighted by Crippen LogP contribution is -2.37. The summed E-state index contributed by atoms with van der Waals surface area (Å²) in [5, 5.41) is 10.0. The van der Waals surface area contributed by atoms with Crippen LogP contribution in [0, 0.1) is 72.1 Å². The average molecular weight is 2180 g/mol. The van der Waals surface area contributed by atoms with E-state index >= 15 is 0 Å². The summed E-state index contributed by atoms with van der Waals surface area (Å²) in [6.07, 6.45) is -26.7. The quantitative estimate of drug-likeness (QED) is 0.0423. The van der Waals surface area contributed by atoms with Gasteiger partial charge in [-0.25, -0.2) is 21.6 Å². The number of sulfone groups is 1. The molecule has 13 nitrogen and oxygen atoms in total. The molecule has 0 bridgehead atoms. The number of nitrogens with two attached hydrogens (primary N) is 1. The molecule has 9 aromatic carbocycles. The van der Waals surface area contributed by atoms with Gasteiger partial charge in [-0.15, -0.1) is 0 Å². The number of benzene rings is 9. The Hall–Kier alpha value is -8.89. The summed E-state index contributed by atoms with van der Waals surface area (Å²) in [6.45, 7) is 37.3. The third-order valence-electron chi connectivity index (χ3n) is 21.7. The van der Waals surface area contributed by atoms with Crippen molar-refractivity contribution in [3.63, 3.8) is 0 Å². The van der Waals surface area contributed by atoms with Crippen LogP contribution in [0.5, 0.6) is 0 Å². The number of rotatable bonds is 30. The van der Waals surface area contributed by atoms with E-state index in [9.17, 15) is 96.6 Å². The molecule has 0 saturated heterocycles. The van der Waals surface area contributed by atoms with Gasteiger partial charge >= 0.3 is 48.9 Å². The fourth-order valence-electron chi connectivity index (χ4n) is 10.9. The van der Waals surface area contributed by atoms with Crippen LogP contribution < -0.4 is 5.73 Å². The highest BCUT2D eigenvalue weighted by Crippen LogP contribution is 2.47. The average Bonchev–Trinajstić information content (AvgIpc) is 0.821. The van der Waals surface area contributed by atoms with E-state index in [0.717, 1.165) is 29.5 Å². The van der Waals surface area contributed by atoms with Crippen molar-refractivity contribution >= 4 is 50.5 Å². The van der Waals surface area contributed by atoms with E-state index in [1.54, 1.807) is 79.7 Å². The number of ether oxygens (including phenoxy) is 8. The Labute approximate surface area is 869 Å². The lowest BCUT2D eigenvalue weighted by molar-refractivity contribution is -0.314. The minimum Gasteiger partial charge on any atom is -0.366 e. The maximum atomic E-state index is 14.0. The van der Waals surface area contributed by atoms with Crippen LogP contribution in [0.2, 0.25) is 15.1 Å². The SMILES string of the molecule is CC(C)(C)C(F)(F)OCCC(c1ccccc1)c1ccccc1.CC(C)(C)C(F)(F)OCCc1c(F)cccc1F.CC(C)(C)C(F)(F)OCc1ccc(S(C)(=O)=O)cc1.CC(C)(C)C(F)(F)OCc1cccc(C#N)c1.CC(C)(C)C(F)(F)OCc1cccc(C(N)=O)c1.CC(OC(F)(F)C(C)(C)C)c1ccc(Cl)cc1.CC(OC(F)(F)C(C)(C)C)c1ccc(Cl)cc1Cl.CC(OC(F)(F)C(C)(C)C)c1ccc(F)cc1. The topological polar surface area (TPSA) is 175 Å². The van der Waals surface area contributed by atoms with Crippen LogP contribution in [0.1, 0.15) is 284 Å². The zero-order valence-corrected chi connectivity index (χ0v) is 91.4. The van der Waals surface area contributed by atoms with Gasteiger partial charge in [0.1, 0.15) is 17.5 Å². The number of halogens is 22. The number of alkyl halides is 16. The van der Waals surface area contributed by atoms with Gasteiger partial charge in [-0.3, -0.25) is 4.79 Å². The largest absolute Gasteiger partial charge is 0.366 e. The van der Waals surface area contributed by atoms with Crippen LogP contribution in [0.15, 0.2) is 223 Å². The monoisotopic (exact) mass is 2170 g/mol. The molecule has 3 atom stereocenters. The summed E-state index contributed by atoms with van der Waals surface area (Å²) < 4.78 is 318. The van der Waals surface area contributed by atoms with Crippen molar-refractivity contribution in [2.45, 2.75) is 298 Å². The van der Waals surface area contributed by atoms with E-state index in [0.29, 0.717) is 60.4 Å². The number of hydrogen-bond acceptors (Lipinski definition) is 12. The third kappa shape index (κ3) is 45.3. The highest BCUT2D eigenvalue weighted by molar-refractivity contribution is 7.90. The normalized spacial score (nSPS) is 13.5. The Morgan fingerprint density at radius 1 is 0.354 bits per heavy atom. The number of primary amides is 1. The molecule has 9 aromatic rings. The predicted octanol–water partition coefficient (Wildman–Crippen LogP) is 35.2. The molecule has 147 heavy (non-hydrogen) atoms. The fourth-order valence-corrected chi connectivity index (χ4v) is 12.2. The minimum atomic E-state index is -3.34. The zero-order chi connectivity index (χ0) is 114. The van der Waals surface area contributed by atoms with Crippen molar-refractivity contribution in [1.29, 1.82) is 5.26 Å². The van der Waals surface area contributed by atoms with Crippen LogP contribution in [-0.2, 0) is 74.0 Å². The first-order valence-electron chi connectivity index (χ1n) is 46.5. The molecule has 0 aliphatic rings. The maximum Gasteiger partial charge on any atom is 0.361 e. The molecule has 9 rings (SSSR count). The predicted molar refractivity (Wildman–Crippen MR) is 539 cm³/mol. The molecule has 0 radical (unpaired) electrons. The molecular weight excluding hydrogens is 2040 g/mol. The van der Waals surface area contributed by atoms with Gasteiger partial charge in [-0.05, 0) is 157 Å². The zero-order valence-electron chi connectivity index (χ0n) is 88.3. The van der Waals surface area contributed by atoms with Gasteiger partial charge in [0.05, 0.1) is 111 Å². The lowest BCUT2D eigenvalue weighted by atomic mass is 9.89. The molecule has 0 fully saturated rings. The summed E-state index contributed by atoms with van der Waals surface area (Å²) in [5.41, 5.74) is 0.865. The van der Waals surface area contributed by atoms with Gasteiger partial charge in [0.25, 0.3) is 0 Å². The molecule has 0 aliphatic heterocycles. The Morgan fingerprint density at radius 2 is 0.680 bits per heavy atom. The Morgan fingerprint density at radius 3 is 1.03 bits per heavy atom. The molecule has 0 heterocycles. The highest BCUT2D eigenvalue weighted by atomic mass is 35.5. The van der Waals surface area contributed by atoms with Gasteiger partial charge < -0.3 is 43.6 Å². The maximum absolute atomic E-state index is 14.0. The molecular formula is C111H140Cl3F19N2O11S. The summed E-state index contributed by atoms with van der Waals surface area (Å²) in [6, 6.07) is 60.2. The molecule has 0 spiro atoms. The van der Waals surface area contributed by atoms with E-state index in [2.05, 4.69) is 18.9 Å². The van der Waals surface area contributed by atoms with Gasteiger partial charge in [0.15, 0.2) is 9.84 Å². The van der Waals surface area contributed by atoms with Gasteiger partial charge in [-0.1, -0.05) is 334 Å². The second kappa shape index (κ2) is 55.4. The van der Waals surface area contributed by atoms with Crippen molar-refractivity contribution in [2.75, 3.05) is 19.5 Å². The van der Waals surface area contributed by atoms with Crippen LogP contribution in [0.3, 0.4) is 0 Å². The van der Waals surface area contributed by atoms with Crippen LogP contribution in [0.25, 0.3) is 0 Å². The molecule has 3 unspecified atom stereocenters. The lowest BCUT2D eigenvalue weighted by Gasteiger charge is -2.32.